The van der Waals surface area contributed by atoms with Crippen molar-refractivity contribution >= 4 is 28.9 Å². The minimum atomic E-state index is -0.439. The summed E-state index contributed by atoms with van der Waals surface area (Å²) in [6, 6.07) is -0.439. The topological polar surface area (TPSA) is 92.9 Å². The zero-order valence-corrected chi connectivity index (χ0v) is 13.1. The Hall–Kier alpha value is -1.76. The van der Waals surface area contributed by atoms with Crippen molar-refractivity contribution in [2.75, 3.05) is 11.9 Å². The highest BCUT2D eigenvalue weighted by Crippen LogP contribution is 2.18. The number of nitrogens with two attached hydrogens (primary N) is 1. The van der Waals surface area contributed by atoms with E-state index in [0.717, 1.165) is 17.7 Å². The molecule has 1 atom stereocenters. The van der Waals surface area contributed by atoms with Gasteiger partial charge in [-0.25, -0.2) is 0 Å². The molecule has 0 saturated carbocycles. The van der Waals surface area contributed by atoms with Gasteiger partial charge in [0.1, 0.15) is 11.0 Å². The molecule has 1 unspecified atom stereocenters. The number of aromatic nitrogens is 2. The monoisotopic (exact) mass is 295 g/mol. The summed E-state index contributed by atoms with van der Waals surface area (Å²) in [5.74, 6) is 0.348. The van der Waals surface area contributed by atoms with Crippen LogP contribution in [0.5, 0.6) is 0 Å². The SMILES string of the molecule is CCCNC(=O)C(C)Nc1nnc(C)c(C)c1C(N)=S. The van der Waals surface area contributed by atoms with Gasteiger partial charge in [-0.15, -0.1) is 5.10 Å². The number of hydrogen-bond donors (Lipinski definition) is 3. The normalized spacial score (nSPS) is 11.8. The van der Waals surface area contributed by atoms with Crippen LogP contribution in [0.4, 0.5) is 5.82 Å². The number of amides is 1. The molecule has 6 nitrogen and oxygen atoms in total. The van der Waals surface area contributed by atoms with Gasteiger partial charge < -0.3 is 16.4 Å². The number of anilines is 1. The van der Waals surface area contributed by atoms with Gasteiger partial charge in [-0.1, -0.05) is 19.1 Å². The van der Waals surface area contributed by atoms with Gasteiger partial charge >= 0.3 is 0 Å². The summed E-state index contributed by atoms with van der Waals surface area (Å²) in [6.45, 7) is 8.12. The third kappa shape index (κ3) is 3.86. The van der Waals surface area contributed by atoms with Crippen LogP contribution in [0.25, 0.3) is 0 Å². The number of aryl methyl sites for hydroxylation is 1. The number of nitrogens with one attached hydrogen (secondary N) is 2. The lowest BCUT2D eigenvalue weighted by Crippen LogP contribution is -2.38. The van der Waals surface area contributed by atoms with Crippen LogP contribution in [0.3, 0.4) is 0 Å². The molecular weight excluding hydrogens is 274 g/mol. The summed E-state index contributed by atoms with van der Waals surface area (Å²) < 4.78 is 0. The smallest absolute Gasteiger partial charge is 0.242 e. The highest BCUT2D eigenvalue weighted by Gasteiger charge is 2.18. The Bertz CT molecular complexity index is 518. The van der Waals surface area contributed by atoms with Crippen LogP contribution in [0.15, 0.2) is 0 Å². The molecule has 0 aliphatic heterocycles. The first-order valence-electron chi connectivity index (χ1n) is 6.56. The number of thiocarbonyl (C=S) groups is 1. The number of carbonyl (C=O) groups is 1. The summed E-state index contributed by atoms with van der Waals surface area (Å²) in [5.41, 5.74) is 8.02. The number of nitrogens with zero attached hydrogens (tertiary/aromatic N) is 2. The molecule has 0 spiro atoms. The molecule has 4 N–H and O–H groups in total. The van der Waals surface area contributed by atoms with Gasteiger partial charge in [0.2, 0.25) is 5.91 Å². The maximum atomic E-state index is 11.9. The Labute approximate surface area is 124 Å². The second-order valence-corrected chi connectivity index (χ2v) is 5.10. The van der Waals surface area contributed by atoms with Crippen LogP contribution >= 0.6 is 12.2 Å². The van der Waals surface area contributed by atoms with E-state index in [1.165, 1.54) is 0 Å². The van der Waals surface area contributed by atoms with Crippen LogP contribution < -0.4 is 16.4 Å². The summed E-state index contributed by atoms with van der Waals surface area (Å²) in [5, 5.41) is 13.9. The fourth-order valence-corrected chi connectivity index (χ4v) is 1.93. The van der Waals surface area contributed by atoms with Crippen molar-refractivity contribution in [3.63, 3.8) is 0 Å². The molecule has 0 aliphatic rings. The van der Waals surface area contributed by atoms with Gasteiger partial charge in [-0.05, 0) is 32.8 Å². The molecule has 0 aromatic carbocycles. The van der Waals surface area contributed by atoms with Crippen LogP contribution in [-0.2, 0) is 4.79 Å². The van der Waals surface area contributed by atoms with Crippen LogP contribution in [-0.4, -0.2) is 33.7 Å². The number of hydrogen-bond acceptors (Lipinski definition) is 5. The Balaban J connectivity index is 2.95. The van der Waals surface area contributed by atoms with Gasteiger partial charge in [-0.3, -0.25) is 4.79 Å². The van der Waals surface area contributed by atoms with E-state index < -0.39 is 6.04 Å². The first-order chi connectivity index (χ1) is 9.38. The van der Waals surface area contributed by atoms with Crippen molar-refractivity contribution in [1.29, 1.82) is 0 Å². The molecule has 0 saturated heterocycles. The van der Waals surface area contributed by atoms with Crippen LogP contribution in [0, 0.1) is 13.8 Å². The maximum absolute atomic E-state index is 11.9. The standard InChI is InChI=1S/C13H21N5OS/c1-5-6-15-13(19)9(4)16-12-10(11(14)20)7(2)8(3)17-18-12/h9H,5-6H2,1-4H3,(H2,14,20)(H,15,19)(H,16,18). The second-order valence-electron chi connectivity index (χ2n) is 4.66. The van der Waals surface area contributed by atoms with Crippen molar-refractivity contribution in [3.05, 3.63) is 16.8 Å². The Morgan fingerprint density at radius 3 is 2.60 bits per heavy atom. The molecule has 0 bridgehead atoms. The predicted molar refractivity (Wildman–Crippen MR) is 83.8 cm³/mol. The summed E-state index contributed by atoms with van der Waals surface area (Å²) in [4.78, 5) is 12.1. The lowest BCUT2D eigenvalue weighted by molar-refractivity contribution is -0.121. The average molecular weight is 295 g/mol. The Kier molecular flexibility index (Phi) is 5.82. The summed E-state index contributed by atoms with van der Waals surface area (Å²) in [7, 11) is 0. The molecule has 1 rings (SSSR count). The van der Waals surface area contributed by atoms with Gasteiger partial charge in [-0.2, -0.15) is 5.10 Å². The fourth-order valence-electron chi connectivity index (χ4n) is 1.68. The van der Waals surface area contributed by atoms with E-state index in [4.69, 9.17) is 18.0 Å². The van der Waals surface area contributed by atoms with E-state index in [-0.39, 0.29) is 10.9 Å². The van der Waals surface area contributed by atoms with Crippen LogP contribution in [0.1, 0.15) is 37.1 Å². The van der Waals surface area contributed by atoms with E-state index in [9.17, 15) is 4.79 Å². The van der Waals surface area contributed by atoms with E-state index >= 15 is 0 Å². The molecule has 1 aromatic rings. The quantitative estimate of drug-likeness (QED) is 0.679. The molecule has 0 fully saturated rings. The van der Waals surface area contributed by atoms with Crippen molar-refractivity contribution in [2.45, 2.75) is 40.2 Å². The molecule has 1 aromatic heterocycles. The fraction of sp³-hybridized carbons (Fsp3) is 0.538. The predicted octanol–water partition coefficient (Wildman–Crippen LogP) is 1.05. The van der Waals surface area contributed by atoms with Gasteiger partial charge in [0.15, 0.2) is 5.82 Å². The summed E-state index contributed by atoms with van der Waals surface area (Å²) >= 11 is 5.05. The molecule has 1 heterocycles. The van der Waals surface area contributed by atoms with E-state index in [0.29, 0.717) is 17.9 Å². The lowest BCUT2D eigenvalue weighted by atomic mass is 10.1. The van der Waals surface area contributed by atoms with Crippen molar-refractivity contribution in [3.8, 4) is 0 Å². The zero-order chi connectivity index (χ0) is 15.3. The summed E-state index contributed by atoms with van der Waals surface area (Å²) in [6.07, 6.45) is 0.889. The van der Waals surface area contributed by atoms with Gasteiger partial charge in [0.05, 0.1) is 11.3 Å². The average Bonchev–Trinajstić information content (AvgIpc) is 2.39. The first-order valence-corrected chi connectivity index (χ1v) is 6.97. The van der Waals surface area contributed by atoms with Gasteiger partial charge in [0, 0.05) is 6.54 Å². The Morgan fingerprint density at radius 1 is 1.40 bits per heavy atom. The third-order valence-electron chi connectivity index (χ3n) is 3.00. The first kappa shape index (κ1) is 16.3. The van der Waals surface area contributed by atoms with E-state index in [1.54, 1.807) is 6.92 Å². The molecule has 20 heavy (non-hydrogen) atoms. The molecule has 7 heteroatoms. The lowest BCUT2D eigenvalue weighted by Gasteiger charge is -2.17. The maximum Gasteiger partial charge on any atom is 0.242 e. The minimum Gasteiger partial charge on any atom is -0.389 e. The van der Waals surface area contributed by atoms with E-state index in [1.807, 2.05) is 20.8 Å². The van der Waals surface area contributed by atoms with Crippen LogP contribution in [0.2, 0.25) is 0 Å². The minimum absolute atomic E-state index is 0.0965. The molecule has 0 radical (unpaired) electrons. The third-order valence-corrected chi connectivity index (χ3v) is 3.20. The second kappa shape index (κ2) is 7.14. The number of rotatable bonds is 6. The molecule has 0 aliphatic carbocycles. The highest BCUT2D eigenvalue weighted by atomic mass is 32.1. The van der Waals surface area contributed by atoms with Crippen molar-refractivity contribution < 1.29 is 4.79 Å². The van der Waals surface area contributed by atoms with Crippen molar-refractivity contribution in [2.24, 2.45) is 5.73 Å². The highest BCUT2D eigenvalue weighted by molar-refractivity contribution is 7.80. The van der Waals surface area contributed by atoms with Gasteiger partial charge in [0.25, 0.3) is 0 Å². The molecule has 110 valence electrons. The number of carbonyl (C=O) groups excluding carboxylic acids is 1. The van der Waals surface area contributed by atoms with E-state index in [2.05, 4.69) is 20.8 Å². The zero-order valence-electron chi connectivity index (χ0n) is 12.3. The molecular formula is C13H21N5OS. The van der Waals surface area contributed by atoms with Crippen molar-refractivity contribution in [1.82, 2.24) is 15.5 Å². The molecule has 1 amide bonds. The largest absolute Gasteiger partial charge is 0.389 e. The Morgan fingerprint density at radius 2 is 2.05 bits per heavy atom.